The summed E-state index contributed by atoms with van der Waals surface area (Å²) >= 11 is 0. The van der Waals surface area contributed by atoms with Gasteiger partial charge in [0.15, 0.2) is 17.1 Å². The summed E-state index contributed by atoms with van der Waals surface area (Å²) in [4.78, 5) is 29.2. The molecule has 1 aromatic heterocycles. The molecule has 0 aliphatic carbocycles. The molecule has 0 bridgehead atoms. The van der Waals surface area contributed by atoms with E-state index in [-0.39, 0.29) is 23.8 Å². The number of esters is 1. The fourth-order valence-corrected chi connectivity index (χ4v) is 3.27. The molecule has 0 saturated carbocycles. The number of rotatable bonds is 7. The van der Waals surface area contributed by atoms with Gasteiger partial charge in [-0.15, -0.1) is 0 Å². The molecule has 0 radical (unpaired) electrons. The number of nitrogens with one attached hydrogen (secondary N) is 1. The van der Waals surface area contributed by atoms with Crippen LogP contribution < -0.4 is 5.32 Å². The molecule has 1 heterocycles. The maximum atomic E-state index is 12.6. The zero-order valence-corrected chi connectivity index (χ0v) is 18.7. The number of hydrogen-bond acceptors (Lipinski definition) is 7. The van der Waals surface area contributed by atoms with Crippen LogP contribution in [0.5, 0.6) is 11.5 Å². The van der Waals surface area contributed by atoms with Gasteiger partial charge in [0.25, 0.3) is 5.91 Å². The van der Waals surface area contributed by atoms with E-state index in [2.05, 4.69) is 10.3 Å². The largest absolute Gasteiger partial charge is 0.504 e. The maximum absolute atomic E-state index is 12.6. The Morgan fingerprint density at radius 1 is 1.03 bits per heavy atom. The molecular weight excluding hydrogens is 436 g/mol. The third-order valence-corrected chi connectivity index (χ3v) is 5.11. The topological polar surface area (TPSA) is 122 Å². The third-order valence-electron chi connectivity index (χ3n) is 5.11. The number of aromatic hydroxyl groups is 2. The molecule has 1 amide bonds. The number of phenols is 2. The summed E-state index contributed by atoms with van der Waals surface area (Å²) in [5.41, 5.74) is 3.02. The van der Waals surface area contributed by atoms with Crippen molar-refractivity contribution in [3.63, 3.8) is 0 Å². The van der Waals surface area contributed by atoms with Crippen LogP contribution in [0.3, 0.4) is 0 Å². The molecular formula is C26H24N2O6. The predicted molar refractivity (Wildman–Crippen MR) is 126 cm³/mol. The maximum Gasteiger partial charge on any atom is 0.338 e. The number of hydrogen-bond donors (Lipinski definition) is 3. The van der Waals surface area contributed by atoms with E-state index in [1.54, 1.807) is 42.5 Å². The quantitative estimate of drug-likeness (QED) is 0.271. The molecule has 3 N–H and O–H groups in total. The molecule has 0 unspecified atom stereocenters. The average molecular weight is 460 g/mol. The molecule has 0 fully saturated rings. The van der Waals surface area contributed by atoms with E-state index in [4.69, 9.17) is 9.15 Å². The van der Waals surface area contributed by atoms with Gasteiger partial charge in [-0.3, -0.25) is 4.79 Å². The van der Waals surface area contributed by atoms with Gasteiger partial charge in [0.05, 0.1) is 11.1 Å². The zero-order chi connectivity index (χ0) is 24.2. The van der Waals surface area contributed by atoms with Crippen molar-refractivity contribution in [3.8, 4) is 23.0 Å². The molecule has 8 nitrogen and oxygen atoms in total. The number of carbonyl (C=O) groups excluding carboxylic acids is 2. The van der Waals surface area contributed by atoms with E-state index in [0.29, 0.717) is 40.6 Å². The highest BCUT2D eigenvalue weighted by atomic mass is 16.5. The number of fused-ring (bicyclic) bond motifs is 1. The standard InChI is InChI=1S/C26H24N2O6/c1-15(2)13-27-24(31)19-4-3-5-20-23(19)34-25(28-20)17-8-6-16(7-9-17)14-33-26(32)18-10-11-21(29)22(30)12-18/h3-12,15,29-30H,13-14H2,1-2H3,(H,27,31). The van der Waals surface area contributed by atoms with E-state index in [1.807, 2.05) is 13.8 Å². The molecule has 4 aromatic rings. The highest BCUT2D eigenvalue weighted by Gasteiger charge is 2.17. The van der Waals surface area contributed by atoms with E-state index < -0.39 is 11.7 Å². The van der Waals surface area contributed by atoms with Crippen molar-refractivity contribution >= 4 is 23.0 Å². The van der Waals surface area contributed by atoms with Crippen LogP contribution in [0.4, 0.5) is 0 Å². The van der Waals surface area contributed by atoms with E-state index in [0.717, 1.165) is 11.6 Å². The van der Waals surface area contributed by atoms with Crippen molar-refractivity contribution in [2.24, 2.45) is 5.92 Å². The van der Waals surface area contributed by atoms with Crippen molar-refractivity contribution in [1.82, 2.24) is 10.3 Å². The third kappa shape index (κ3) is 5.01. The van der Waals surface area contributed by atoms with Crippen molar-refractivity contribution in [1.29, 1.82) is 0 Å². The van der Waals surface area contributed by atoms with E-state index >= 15 is 0 Å². The van der Waals surface area contributed by atoms with Crippen molar-refractivity contribution in [3.05, 3.63) is 77.4 Å². The summed E-state index contributed by atoms with van der Waals surface area (Å²) < 4.78 is 11.2. The van der Waals surface area contributed by atoms with Gasteiger partial charge in [-0.1, -0.05) is 32.0 Å². The molecule has 34 heavy (non-hydrogen) atoms. The molecule has 8 heteroatoms. The molecule has 0 spiro atoms. The minimum absolute atomic E-state index is 0.0223. The Balaban J connectivity index is 1.46. The normalized spacial score (nSPS) is 11.0. The number of carbonyl (C=O) groups is 2. The SMILES string of the molecule is CC(C)CNC(=O)c1cccc2nc(-c3ccc(COC(=O)c4ccc(O)c(O)c4)cc3)oc12. The predicted octanol–water partition coefficient (Wildman–Crippen LogP) is 4.65. The number of nitrogens with zero attached hydrogens (tertiary/aromatic N) is 1. The van der Waals surface area contributed by atoms with Gasteiger partial charge in [0, 0.05) is 12.1 Å². The lowest BCUT2D eigenvalue weighted by molar-refractivity contribution is 0.0472. The first kappa shape index (κ1) is 22.8. The fraction of sp³-hybridized carbons (Fsp3) is 0.192. The summed E-state index contributed by atoms with van der Waals surface area (Å²) in [6.07, 6.45) is 0. The van der Waals surface area contributed by atoms with Crippen LogP contribution in [0.15, 0.2) is 65.1 Å². The van der Waals surface area contributed by atoms with Gasteiger partial charge in [-0.2, -0.15) is 0 Å². The van der Waals surface area contributed by atoms with Crippen LogP contribution in [-0.2, 0) is 11.3 Å². The van der Waals surface area contributed by atoms with Gasteiger partial charge in [0.2, 0.25) is 5.89 Å². The van der Waals surface area contributed by atoms with E-state index in [9.17, 15) is 19.8 Å². The van der Waals surface area contributed by atoms with Gasteiger partial charge in [-0.25, -0.2) is 9.78 Å². The van der Waals surface area contributed by atoms with Crippen LogP contribution in [0, 0.1) is 5.92 Å². The van der Waals surface area contributed by atoms with Gasteiger partial charge < -0.3 is 24.7 Å². The minimum Gasteiger partial charge on any atom is -0.504 e. The van der Waals surface area contributed by atoms with E-state index in [1.165, 1.54) is 12.1 Å². The minimum atomic E-state index is -0.624. The fourth-order valence-electron chi connectivity index (χ4n) is 3.27. The molecule has 174 valence electrons. The molecule has 3 aromatic carbocycles. The second-order valence-corrected chi connectivity index (χ2v) is 8.25. The number of amides is 1. The number of benzene rings is 3. The number of ether oxygens (including phenoxy) is 1. The molecule has 0 aliphatic rings. The van der Waals surface area contributed by atoms with Crippen molar-refractivity contribution in [2.45, 2.75) is 20.5 Å². The Bertz CT molecular complexity index is 1340. The second-order valence-electron chi connectivity index (χ2n) is 8.25. The Hall–Kier alpha value is -4.33. The van der Waals surface area contributed by atoms with Crippen molar-refractivity contribution < 1.29 is 29.0 Å². The highest BCUT2D eigenvalue weighted by molar-refractivity contribution is 6.04. The zero-order valence-electron chi connectivity index (χ0n) is 18.7. The summed E-state index contributed by atoms with van der Waals surface area (Å²) in [5, 5.41) is 21.8. The lowest BCUT2D eigenvalue weighted by atomic mass is 10.1. The Labute approximate surface area is 195 Å². The monoisotopic (exact) mass is 460 g/mol. The Morgan fingerprint density at radius 3 is 2.50 bits per heavy atom. The summed E-state index contributed by atoms with van der Waals surface area (Å²) in [5.74, 6) is -0.822. The van der Waals surface area contributed by atoms with Gasteiger partial charge in [-0.05, 0) is 53.9 Å². The van der Waals surface area contributed by atoms with Crippen molar-refractivity contribution in [2.75, 3.05) is 6.54 Å². The lowest BCUT2D eigenvalue weighted by Crippen LogP contribution is -2.27. The number of aromatic nitrogens is 1. The van der Waals surface area contributed by atoms with Crippen LogP contribution in [0.25, 0.3) is 22.6 Å². The van der Waals surface area contributed by atoms with Crippen LogP contribution in [0.1, 0.15) is 40.1 Å². The molecule has 0 atom stereocenters. The molecule has 0 aliphatic heterocycles. The summed E-state index contributed by atoms with van der Waals surface area (Å²) in [7, 11) is 0. The average Bonchev–Trinajstić information content (AvgIpc) is 3.27. The first-order chi connectivity index (χ1) is 16.3. The summed E-state index contributed by atoms with van der Waals surface area (Å²) in [6.45, 7) is 4.64. The first-order valence-electron chi connectivity index (χ1n) is 10.8. The Kier molecular flexibility index (Phi) is 6.49. The molecule has 0 saturated heterocycles. The second kappa shape index (κ2) is 9.66. The van der Waals surface area contributed by atoms with Gasteiger partial charge in [0.1, 0.15) is 12.1 Å². The smallest absolute Gasteiger partial charge is 0.338 e. The van der Waals surface area contributed by atoms with Gasteiger partial charge >= 0.3 is 5.97 Å². The number of para-hydroxylation sites is 1. The van der Waals surface area contributed by atoms with Crippen LogP contribution in [-0.4, -0.2) is 33.6 Å². The Morgan fingerprint density at radius 2 is 1.79 bits per heavy atom. The first-order valence-corrected chi connectivity index (χ1v) is 10.8. The summed E-state index contributed by atoms with van der Waals surface area (Å²) in [6, 6.07) is 16.1. The van der Waals surface area contributed by atoms with Crippen LogP contribution >= 0.6 is 0 Å². The molecule has 4 rings (SSSR count). The lowest BCUT2D eigenvalue weighted by Gasteiger charge is -2.07. The number of oxazole rings is 1. The highest BCUT2D eigenvalue weighted by Crippen LogP contribution is 2.28. The number of phenolic OH excluding ortho intramolecular Hbond substituents is 2. The van der Waals surface area contributed by atoms with Crippen LogP contribution in [0.2, 0.25) is 0 Å².